The molecule has 1 aliphatic carbocycles. The molecule has 0 N–H and O–H groups in total. The monoisotopic (exact) mass is 286 g/mol. The fraction of sp³-hybridized carbons (Fsp3) is 0.550. The molecule has 1 aliphatic rings. The molecule has 0 saturated carbocycles. The lowest BCUT2D eigenvalue weighted by atomic mass is 9.96. The van der Waals surface area contributed by atoms with Gasteiger partial charge in [0.2, 0.25) is 0 Å². The van der Waals surface area contributed by atoms with E-state index in [2.05, 4.69) is 39.0 Å². The van der Waals surface area contributed by atoms with Gasteiger partial charge in [-0.2, -0.15) is 0 Å². The van der Waals surface area contributed by atoms with E-state index in [9.17, 15) is 4.79 Å². The number of carbonyl (C=O) groups is 1. The number of allylic oxidation sites excluding steroid dienone is 8. The summed E-state index contributed by atoms with van der Waals surface area (Å²) in [7, 11) is 0. The lowest BCUT2D eigenvalue weighted by Gasteiger charge is -2.10. The van der Waals surface area contributed by atoms with Crippen LogP contribution < -0.4 is 0 Å². The minimum Gasteiger partial charge on any atom is -0.298 e. The van der Waals surface area contributed by atoms with Gasteiger partial charge in [0.05, 0.1) is 0 Å². The van der Waals surface area contributed by atoms with Crippen LogP contribution in [-0.2, 0) is 4.79 Å². The number of hydrogen-bond acceptors (Lipinski definition) is 1. The topological polar surface area (TPSA) is 17.1 Å². The Labute approximate surface area is 130 Å². The van der Waals surface area contributed by atoms with E-state index in [1.54, 1.807) is 0 Å². The zero-order chi connectivity index (χ0) is 15.7. The van der Waals surface area contributed by atoms with Gasteiger partial charge in [-0.25, -0.2) is 0 Å². The highest BCUT2D eigenvalue weighted by Crippen LogP contribution is 2.21. The van der Waals surface area contributed by atoms with Crippen LogP contribution in [-0.4, -0.2) is 6.29 Å². The second-order valence-corrected chi connectivity index (χ2v) is 6.34. The highest BCUT2D eigenvalue weighted by molar-refractivity contribution is 5.73. The fourth-order valence-corrected chi connectivity index (χ4v) is 2.59. The summed E-state index contributed by atoms with van der Waals surface area (Å²) in [6, 6.07) is 0. The first kappa shape index (κ1) is 17.7. The van der Waals surface area contributed by atoms with Crippen LogP contribution in [0.2, 0.25) is 0 Å². The van der Waals surface area contributed by atoms with Crippen LogP contribution in [0, 0.1) is 0 Å². The molecule has 0 aromatic rings. The van der Waals surface area contributed by atoms with Crippen LogP contribution >= 0.6 is 0 Å². The molecular formula is C20H30O. The minimum atomic E-state index is 0.912. The molecule has 0 heterocycles. The second-order valence-electron chi connectivity index (χ2n) is 6.34. The molecule has 0 amide bonds. The zero-order valence-electron chi connectivity index (χ0n) is 14.2. The van der Waals surface area contributed by atoms with E-state index in [0.29, 0.717) is 0 Å². The molecule has 0 aromatic heterocycles. The standard InChI is InChI=1S/C20H30O/c1-16-7-5-9-17(2)11-13-20(19(4)15-21)14-12-18(3)10-6-8-16/h7,10-11,15H,5-6,8-9,12-14H2,1-4H3/b16-7+,17-11+,18-10+,20-19-. The van der Waals surface area contributed by atoms with Crippen molar-refractivity contribution in [2.45, 2.75) is 72.6 Å². The third-order valence-electron chi connectivity index (χ3n) is 4.32. The Balaban J connectivity index is 2.91. The number of hydrogen-bond donors (Lipinski definition) is 0. The zero-order valence-corrected chi connectivity index (χ0v) is 14.2. The molecule has 0 unspecified atom stereocenters. The van der Waals surface area contributed by atoms with Gasteiger partial charge in [-0.3, -0.25) is 4.79 Å². The molecule has 0 saturated heterocycles. The van der Waals surface area contributed by atoms with Gasteiger partial charge in [-0.05, 0) is 78.2 Å². The molecule has 1 nitrogen and oxygen atoms in total. The van der Waals surface area contributed by atoms with Gasteiger partial charge in [0.15, 0.2) is 0 Å². The van der Waals surface area contributed by atoms with E-state index in [0.717, 1.165) is 56.8 Å². The molecule has 1 rings (SSSR count). The molecule has 0 bridgehead atoms. The van der Waals surface area contributed by atoms with Crippen LogP contribution in [0.5, 0.6) is 0 Å². The van der Waals surface area contributed by atoms with Crippen molar-refractivity contribution in [2.75, 3.05) is 0 Å². The van der Waals surface area contributed by atoms with Gasteiger partial charge in [0.1, 0.15) is 6.29 Å². The highest BCUT2D eigenvalue weighted by Gasteiger charge is 2.03. The first-order chi connectivity index (χ1) is 10.0. The Hall–Kier alpha value is -1.37. The largest absolute Gasteiger partial charge is 0.298 e. The lowest BCUT2D eigenvalue weighted by Crippen LogP contribution is -1.93. The van der Waals surface area contributed by atoms with Crippen molar-refractivity contribution in [3.05, 3.63) is 46.1 Å². The van der Waals surface area contributed by atoms with Crippen molar-refractivity contribution in [3.8, 4) is 0 Å². The average molecular weight is 286 g/mol. The normalized spacial score (nSPS) is 29.0. The Morgan fingerprint density at radius 2 is 1.38 bits per heavy atom. The molecule has 0 radical (unpaired) electrons. The quantitative estimate of drug-likeness (QED) is 0.324. The number of aldehydes is 1. The summed E-state index contributed by atoms with van der Waals surface area (Å²) in [5.41, 5.74) is 6.58. The first-order valence-corrected chi connectivity index (χ1v) is 8.13. The Morgan fingerprint density at radius 3 is 1.95 bits per heavy atom. The third kappa shape index (κ3) is 7.27. The van der Waals surface area contributed by atoms with Crippen LogP contribution in [0.15, 0.2) is 46.1 Å². The molecule has 21 heavy (non-hydrogen) atoms. The summed E-state index contributed by atoms with van der Waals surface area (Å²) in [5.74, 6) is 0. The summed E-state index contributed by atoms with van der Waals surface area (Å²) >= 11 is 0. The van der Waals surface area contributed by atoms with Gasteiger partial charge in [-0.15, -0.1) is 0 Å². The Bertz CT molecular complexity index is 472. The van der Waals surface area contributed by atoms with Crippen molar-refractivity contribution < 1.29 is 4.79 Å². The van der Waals surface area contributed by atoms with Gasteiger partial charge in [0, 0.05) is 0 Å². The van der Waals surface area contributed by atoms with Crippen molar-refractivity contribution >= 4 is 6.29 Å². The van der Waals surface area contributed by atoms with Crippen molar-refractivity contribution in [1.29, 1.82) is 0 Å². The van der Waals surface area contributed by atoms with Gasteiger partial charge >= 0.3 is 0 Å². The molecule has 116 valence electrons. The number of rotatable bonds is 1. The molecule has 0 spiro atoms. The summed E-state index contributed by atoms with van der Waals surface area (Å²) in [4.78, 5) is 11.1. The van der Waals surface area contributed by atoms with E-state index < -0.39 is 0 Å². The summed E-state index contributed by atoms with van der Waals surface area (Å²) in [5, 5.41) is 0. The van der Waals surface area contributed by atoms with Crippen LogP contribution in [0.1, 0.15) is 72.6 Å². The van der Waals surface area contributed by atoms with E-state index >= 15 is 0 Å². The maximum absolute atomic E-state index is 11.1. The predicted octanol–water partition coefficient (Wildman–Crippen LogP) is 6.09. The molecular weight excluding hydrogens is 256 g/mol. The predicted molar refractivity (Wildman–Crippen MR) is 92.4 cm³/mol. The fourth-order valence-electron chi connectivity index (χ4n) is 2.59. The highest BCUT2D eigenvalue weighted by atomic mass is 16.1. The van der Waals surface area contributed by atoms with E-state index in [1.165, 1.54) is 22.3 Å². The van der Waals surface area contributed by atoms with E-state index in [-0.39, 0.29) is 0 Å². The maximum atomic E-state index is 11.1. The van der Waals surface area contributed by atoms with E-state index in [4.69, 9.17) is 0 Å². The Kier molecular flexibility index (Phi) is 8.04. The van der Waals surface area contributed by atoms with Crippen molar-refractivity contribution in [1.82, 2.24) is 0 Å². The third-order valence-corrected chi connectivity index (χ3v) is 4.32. The van der Waals surface area contributed by atoms with Gasteiger partial charge < -0.3 is 0 Å². The summed E-state index contributed by atoms with van der Waals surface area (Å²) < 4.78 is 0. The molecule has 0 aliphatic heterocycles. The van der Waals surface area contributed by atoms with Crippen LogP contribution in [0.4, 0.5) is 0 Å². The molecule has 0 atom stereocenters. The van der Waals surface area contributed by atoms with Crippen molar-refractivity contribution in [3.63, 3.8) is 0 Å². The SMILES string of the molecule is C/C1=C\CC/C(C)=C/C/C(=C(\C)C=O)CC/C(C)=C/CC1. The van der Waals surface area contributed by atoms with Gasteiger partial charge in [-0.1, -0.05) is 40.5 Å². The average Bonchev–Trinajstić information content (AvgIpc) is 2.45. The van der Waals surface area contributed by atoms with Gasteiger partial charge in [0.25, 0.3) is 0 Å². The minimum absolute atomic E-state index is 0.912. The van der Waals surface area contributed by atoms with Crippen LogP contribution in [0.3, 0.4) is 0 Å². The smallest absolute Gasteiger partial charge is 0.145 e. The Morgan fingerprint density at radius 1 is 0.857 bits per heavy atom. The second kappa shape index (κ2) is 9.55. The van der Waals surface area contributed by atoms with Crippen LogP contribution in [0.25, 0.3) is 0 Å². The lowest BCUT2D eigenvalue weighted by molar-refractivity contribution is -0.104. The van der Waals surface area contributed by atoms with E-state index in [1.807, 2.05) is 6.92 Å². The molecule has 0 aromatic carbocycles. The van der Waals surface area contributed by atoms with Crippen molar-refractivity contribution in [2.24, 2.45) is 0 Å². The number of carbonyl (C=O) groups excluding carboxylic acids is 1. The first-order valence-electron chi connectivity index (χ1n) is 8.13. The molecule has 1 heteroatoms. The summed E-state index contributed by atoms with van der Waals surface area (Å²) in [6.45, 7) is 8.59. The summed E-state index contributed by atoms with van der Waals surface area (Å²) in [6.07, 6.45) is 15.6. The maximum Gasteiger partial charge on any atom is 0.145 e. The molecule has 0 fully saturated rings.